The Morgan fingerprint density at radius 1 is 1.26 bits per heavy atom. The number of halogens is 1. The lowest BCUT2D eigenvalue weighted by molar-refractivity contribution is -0.118. The Balaban J connectivity index is 0.000000623. The second kappa shape index (κ2) is 12.4. The first-order valence-electron chi connectivity index (χ1n) is 11.8. The van der Waals surface area contributed by atoms with E-state index in [1.807, 2.05) is 29.3 Å². The molecule has 0 atom stereocenters. The van der Waals surface area contributed by atoms with Crippen LogP contribution in [-0.2, 0) is 11.2 Å². The highest BCUT2D eigenvalue weighted by Crippen LogP contribution is 2.40. The van der Waals surface area contributed by atoms with Crippen LogP contribution in [0.1, 0.15) is 51.0 Å². The first-order valence-corrected chi connectivity index (χ1v) is 12.2. The number of hydrogen-bond donors (Lipinski definition) is 4. The SMILES string of the molecule is CCN1C(=O)CCCc2c1ccc(Nc1ncc(Cl)c(NC3CCCC3)n1)c2OC.CNC(=O)O. The van der Waals surface area contributed by atoms with Gasteiger partial charge >= 0.3 is 6.09 Å². The maximum absolute atomic E-state index is 12.4. The Kier molecular flexibility index (Phi) is 9.36. The number of benzene rings is 1. The largest absolute Gasteiger partial charge is 0.494 e. The standard InChI is InChI=1S/C22H28ClN5O2.C2H5NO2/c1-3-28-18-12-11-17(20(30-2)15(18)9-6-10-19(28)29)26-22-24-13-16(23)21(27-22)25-14-7-4-5-8-14;1-3-2(4)5/h11-14H,3-10H2,1-2H3,(H2,24,25,26,27);3H,1H3,(H,4,5). The first-order chi connectivity index (χ1) is 16.9. The Labute approximate surface area is 210 Å². The predicted molar refractivity (Wildman–Crippen MR) is 137 cm³/mol. The van der Waals surface area contributed by atoms with Crippen LogP contribution < -0.4 is 25.6 Å². The molecule has 1 aliphatic carbocycles. The molecule has 2 amide bonds. The predicted octanol–water partition coefficient (Wildman–Crippen LogP) is 4.81. The number of hydrogen-bond acceptors (Lipinski definition) is 7. The molecule has 0 spiro atoms. The lowest BCUT2D eigenvalue weighted by atomic mass is 10.0. The maximum Gasteiger partial charge on any atom is 0.404 e. The van der Waals surface area contributed by atoms with Crippen LogP contribution in [0.5, 0.6) is 5.75 Å². The molecule has 1 aromatic heterocycles. The quantitative estimate of drug-likeness (QED) is 0.441. The van der Waals surface area contributed by atoms with E-state index in [0.717, 1.165) is 48.4 Å². The van der Waals surface area contributed by atoms with Crippen molar-refractivity contribution in [2.75, 3.05) is 36.2 Å². The highest BCUT2D eigenvalue weighted by Gasteiger charge is 2.25. The summed E-state index contributed by atoms with van der Waals surface area (Å²) >= 11 is 6.32. The van der Waals surface area contributed by atoms with Crippen molar-refractivity contribution in [2.45, 2.75) is 57.9 Å². The van der Waals surface area contributed by atoms with Gasteiger partial charge in [-0.15, -0.1) is 0 Å². The molecule has 2 heterocycles. The third-order valence-corrected chi connectivity index (χ3v) is 6.34. The van der Waals surface area contributed by atoms with Crippen LogP contribution >= 0.6 is 11.6 Å². The van der Waals surface area contributed by atoms with Gasteiger partial charge in [0.15, 0.2) is 5.82 Å². The van der Waals surface area contributed by atoms with Crippen molar-refractivity contribution in [2.24, 2.45) is 0 Å². The van der Waals surface area contributed by atoms with Gasteiger partial charge in [0.25, 0.3) is 0 Å². The molecule has 1 aliphatic heterocycles. The van der Waals surface area contributed by atoms with Crippen LogP contribution in [0.4, 0.5) is 27.9 Å². The number of amides is 2. The van der Waals surface area contributed by atoms with Crippen LogP contribution in [0.15, 0.2) is 18.3 Å². The molecule has 10 nitrogen and oxygen atoms in total. The smallest absolute Gasteiger partial charge is 0.404 e. The number of rotatable bonds is 6. The van der Waals surface area contributed by atoms with Gasteiger partial charge in [-0.2, -0.15) is 4.98 Å². The Bertz CT molecular complexity index is 1040. The molecule has 35 heavy (non-hydrogen) atoms. The number of fused-ring (bicyclic) bond motifs is 1. The Morgan fingerprint density at radius 2 is 1.97 bits per heavy atom. The first kappa shape index (κ1) is 26.3. The van der Waals surface area contributed by atoms with E-state index in [4.69, 9.17) is 21.4 Å². The molecule has 11 heteroatoms. The fourth-order valence-electron chi connectivity index (χ4n) is 4.39. The van der Waals surface area contributed by atoms with E-state index in [9.17, 15) is 9.59 Å². The lowest BCUT2D eigenvalue weighted by Crippen LogP contribution is -2.29. The maximum atomic E-state index is 12.4. The van der Waals surface area contributed by atoms with Gasteiger partial charge in [-0.05, 0) is 44.7 Å². The average molecular weight is 505 g/mol. The molecular weight excluding hydrogens is 472 g/mol. The van der Waals surface area contributed by atoms with E-state index in [1.165, 1.54) is 19.9 Å². The molecule has 0 bridgehead atoms. The molecule has 2 aromatic rings. The van der Waals surface area contributed by atoms with Crippen LogP contribution in [0, 0.1) is 0 Å². The Morgan fingerprint density at radius 3 is 2.60 bits per heavy atom. The van der Waals surface area contributed by atoms with Crippen molar-refractivity contribution in [1.82, 2.24) is 15.3 Å². The summed E-state index contributed by atoms with van der Waals surface area (Å²) in [5.74, 6) is 1.99. The number of aromatic nitrogens is 2. The van der Waals surface area contributed by atoms with Gasteiger partial charge in [-0.3, -0.25) is 4.79 Å². The van der Waals surface area contributed by atoms with E-state index in [2.05, 4.69) is 20.6 Å². The molecule has 4 N–H and O–H groups in total. The normalized spacial score (nSPS) is 15.4. The fraction of sp³-hybridized carbons (Fsp3) is 0.500. The zero-order chi connectivity index (χ0) is 25.4. The van der Waals surface area contributed by atoms with Gasteiger partial charge in [0, 0.05) is 31.6 Å². The van der Waals surface area contributed by atoms with Crippen LogP contribution in [0.25, 0.3) is 0 Å². The molecule has 1 saturated carbocycles. The molecule has 4 rings (SSSR count). The van der Waals surface area contributed by atoms with Gasteiger partial charge in [0.05, 0.1) is 24.7 Å². The van der Waals surface area contributed by atoms with E-state index < -0.39 is 6.09 Å². The van der Waals surface area contributed by atoms with E-state index in [1.54, 1.807) is 13.3 Å². The van der Waals surface area contributed by atoms with Crippen LogP contribution in [0.2, 0.25) is 5.02 Å². The molecule has 1 aromatic carbocycles. The molecule has 1 fully saturated rings. The second-order valence-electron chi connectivity index (χ2n) is 8.33. The summed E-state index contributed by atoms with van der Waals surface area (Å²) in [6.45, 7) is 2.63. The summed E-state index contributed by atoms with van der Waals surface area (Å²) in [6, 6.07) is 4.30. The fourth-order valence-corrected chi connectivity index (χ4v) is 4.53. The van der Waals surface area contributed by atoms with Crippen molar-refractivity contribution < 1.29 is 19.4 Å². The summed E-state index contributed by atoms with van der Waals surface area (Å²) < 4.78 is 5.76. The lowest BCUT2D eigenvalue weighted by Gasteiger charge is -2.24. The van der Waals surface area contributed by atoms with Crippen molar-refractivity contribution >= 4 is 46.7 Å². The van der Waals surface area contributed by atoms with Crippen LogP contribution in [-0.4, -0.2) is 53.8 Å². The summed E-state index contributed by atoms with van der Waals surface area (Å²) in [6.07, 6.45) is 7.48. The molecule has 190 valence electrons. The van der Waals surface area contributed by atoms with Gasteiger partial charge in [0.1, 0.15) is 10.8 Å². The zero-order valence-corrected chi connectivity index (χ0v) is 21.1. The number of methoxy groups -OCH3 is 1. The van der Waals surface area contributed by atoms with E-state index in [-0.39, 0.29) is 5.91 Å². The second-order valence-corrected chi connectivity index (χ2v) is 8.74. The van der Waals surface area contributed by atoms with E-state index in [0.29, 0.717) is 35.8 Å². The summed E-state index contributed by atoms with van der Waals surface area (Å²) in [4.78, 5) is 32.5. The van der Waals surface area contributed by atoms with Crippen LogP contribution in [0.3, 0.4) is 0 Å². The monoisotopic (exact) mass is 504 g/mol. The number of nitrogens with zero attached hydrogens (tertiary/aromatic N) is 3. The third kappa shape index (κ3) is 6.66. The highest BCUT2D eigenvalue weighted by atomic mass is 35.5. The topological polar surface area (TPSA) is 129 Å². The Hall–Kier alpha value is -3.27. The van der Waals surface area contributed by atoms with Gasteiger partial charge in [0.2, 0.25) is 11.9 Å². The number of nitrogens with one attached hydrogen (secondary N) is 3. The average Bonchev–Trinajstić information content (AvgIpc) is 3.30. The number of carbonyl (C=O) groups is 2. The molecule has 0 saturated heterocycles. The van der Waals surface area contributed by atoms with Crippen molar-refractivity contribution in [3.8, 4) is 5.75 Å². The van der Waals surface area contributed by atoms with Crippen molar-refractivity contribution in [3.05, 3.63) is 28.9 Å². The summed E-state index contributed by atoms with van der Waals surface area (Å²) in [7, 11) is 3.00. The van der Waals surface area contributed by atoms with E-state index >= 15 is 0 Å². The minimum absolute atomic E-state index is 0.155. The number of ether oxygens (including phenoxy) is 1. The van der Waals surface area contributed by atoms with Crippen molar-refractivity contribution in [3.63, 3.8) is 0 Å². The number of carbonyl (C=O) groups excluding carboxylic acids is 1. The molecule has 0 radical (unpaired) electrons. The number of carboxylic acid groups (broad SMARTS) is 1. The van der Waals surface area contributed by atoms with Gasteiger partial charge < -0.3 is 30.7 Å². The van der Waals surface area contributed by atoms with Crippen molar-refractivity contribution in [1.29, 1.82) is 0 Å². The number of anilines is 4. The van der Waals surface area contributed by atoms with Gasteiger partial charge in [-0.25, -0.2) is 9.78 Å². The summed E-state index contributed by atoms with van der Waals surface area (Å²) in [5.41, 5.74) is 2.73. The zero-order valence-electron chi connectivity index (χ0n) is 20.4. The minimum Gasteiger partial charge on any atom is -0.494 e. The molecular formula is C24H33ClN6O4. The summed E-state index contributed by atoms with van der Waals surface area (Å²) in [5, 5.41) is 16.8. The van der Waals surface area contributed by atoms with Gasteiger partial charge in [-0.1, -0.05) is 24.4 Å². The molecule has 0 unspecified atom stereocenters. The molecule has 2 aliphatic rings. The minimum atomic E-state index is -0.995. The third-order valence-electron chi connectivity index (χ3n) is 6.07. The highest BCUT2D eigenvalue weighted by molar-refractivity contribution is 6.32.